The summed E-state index contributed by atoms with van der Waals surface area (Å²) in [5.41, 5.74) is 11.6. The summed E-state index contributed by atoms with van der Waals surface area (Å²) in [5, 5.41) is 8.80. The highest BCUT2D eigenvalue weighted by Crippen LogP contribution is 2.36. The number of hydrogen-bond acceptors (Lipinski definition) is 18. The number of methoxy groups -OCH3 is 1. The van der Waals surface area contributed by atoms with E-state index in [9.17, 15) is 46.8 Å². The monoisotopic (exact) mass is 1600 g/mol. The predicted molar refractivity (Wildman–Crippen MR) is 453 cm³/mol. The number of fused-ring (bicyclic) bond motifs is 1. The maximum absolute atomic E-state index is 11.9. The number of nitrogens with two attached hydrogens (primary N) is 1. The topological polar surface area (TPSA) is 279 Å². The smallest absolute Gasteiger partial charge is 0.231 e. The second-order valence-electron chi connectivity index (χ2n) is 30.4. The molecular formula is C92H117N5O15S2. The van der Waals surface area contributed by atoms with Gasteiger partial charge in [0.25, 0.3) is 0 Å². The zero-order valence-electron chi connectivity index (χ0n) is 69.9. The fourth-order valence-corrected chi connectivity index (χ4v) is 12.2. The molecule has 0 bridgehead atoms. The van der Waals surface area contributed by atoms with Gasteiger partial charge in [-0.1, -0.05) is 194 Å². The average molecular weight is 1600 g/mol. The van der Waals surface area contributed by atoms with Crippen LogP contribution in [0.25, 0.3) is 9.69 Å². The van der Waals surface area contributed by atoms with Gasteiger partial charge in [0.2, 0.25) is 12.7 Å². The van der Waals surface area contributed by atoms with Gasteiger partial charge in [0.1, 0.15) is 5.75 Å². The zero-order valence-corrected chi connectivity index (χ0v) is 71.5. The van der Waals surface area contributed by atoms with Gasteiger partial charge in [-0.25, -0.2) is 23.0 Å². The van der Waals surface area contributed by atoms with E-state index in [0.717, 1.165) is 53.0 Å². The van der Waals surface area contributed by atoms with Crippen LogP contribution in [0, 0.1) is 65.9 Å². The van der Waals surface area contributed by atoms with Crippen molar-refractivity contribution in [1.82, 2.24) is 4.90 Å². The fourth-order valence-electron chi connectivity index (χ4n) is 10.8. The molecule has 7 aromatic rings. The number of amides is 1. The zero-order chi connectivity index (χ0) is 85.8. The SMILES string of the molecule is CC(C)CC(=O)c1cccc2c1OCO2.CC(C)CC(=O)c1ccccc1C#N.CC(C)CC(=O)c1ccccc1S(C)(=O)=O.CC(C)N1CC(N)CCC1=O.COOSc1cccc(C(=O)CC(C)C)c1.COc1ccc(C(=O)CC(C)C)cc1.[C-]#[N+]c1ccc(C(=O)CC(C)C)cc1.[C-]#[N+]c1cccc(C(=O)CC(C)C)c1. The van der Waals surface area contributed by atoms with Gasteiger partial charge in [-0.2, -0.15) is 9.60 Å². The number of likely N-dealkylation sites (tertiary alicyclic amines) is 1. The maximum atomic E-state index is 11.9. The number of nitriles is 1. The Labute approximate surface area is 681 Å². The normalized spacial score (nSPS) is 12.3. The summed E-state index contributed by atoms with van der Waals surface area (Å²) in [6.07, 6.45) is 6.28. The number of ether oxygens (including phenoxy) is 3. The lowest BCUT2D eigenvalue weighted by molar-refractivity contribution is -0.160. The number of Topliss-reactive ketones (excluding diaryl/α,β-unsaturated/α-hetero) is 7. The molecular weight excluding hydrogens is 1480 g/mol. The molecule has 2 aliphatic heterocycles. The van der Waals surface area contributed by atoms with Gasteiger partial charge in [0, 0.05) is 115 Å². The van der Waals surface area contributed by atoms with Gasteiger partial charge in [0.15, 0.2) is 73.2 Å². The van der Waals surface area contributed by atoms with Crippen LogP contribution in [0.4, 0.5) is 11.4 Å². The lowest BCUT2D eigenvalue weighted by atomic mass is 9.98. The van der Waals surface area contributed by atoms with Crippen molar-refractivity contribution in [2.75, 3.05) is 33.8 Å². The summed E-state index contributed by atoms with van der Waals surface area (Å²) in [4.78, 5) is 107. The number of carbonyl (C=O) groups is 8. The third kappa shape index (κ3) is 39.0. The molecule has 1 saturated heterocycles. The second kappa shape index (κ2) is 52.9. The standard InChI is InChI=1S/3C12H13NO.2C12H16O3S.C12H14O3.C12H16O2.C8H16N2O/c1-9(2)8-12(14)10-4-6-11(13-3)7-5-10;1-9(2)7-12(14)10-5-4-6-11(8-10)13-3;1-9(2)7-12(14)11-6-4-3-5-10(11)8-13;1-9(2)7-12(13)10-5-4-6-11(8-10)16-15-14-3;1-9(2)8-11(13)10-6-4-5-7-12(10)16(3,14)15;1-8(2)6-10(13)9-4-3-5-11-12(9)15-7-14-11;1-9(2)8-12(13)10-4-6-11(14-3)7-5-10;1-6(2)10-5-7(9)3-4-8(10)11/h4-7,9H,8H2,1-2H3;4-6,8-9H,7H2,1-2H3;3-6,9H,7H2,1-2H3;4-6,8-9H,7H2,1-3H3;4-7,9H,8H2,1-3H3;3-5,8H,6-7H2,1-2H3;4-7,9H,8H2,1-3H3;6-7H,3-5,9H2,1-2H3. The lowest BCUT2D eigenvalue weighted by Crippen LogP contribution is -2.49. The number of nitrogens with zero attached hydrogens (tertiary/aromatic N) is 4. The van der Waals surface area contributed by atoms with E-state index in [1.165, 1.54) is 13.2 Å². The molecule has 0 aliphatic carbocycles. The molecule has 114 heavy (non-hydrogen) atoms. The maximum Gasteiger partial charge on any atom is 0.231 e. The molecule has 1 amide bonds. The summed E-state index contributed by atoms with van der Waals surface area (Å²) < 4.78 is 43.3. The van der Waals surface area contributed by atoms with E-state index in [1.54, 1.807) is 104 Å². The van der Waals surface area contributed by atoms with Crippen LogP contribution in [0.2, 0.25) is 0 Å². The van der Waals surface area contributed by atoms with Crippen LogP contribution in [-0.2, 0) is 23.9 Å². The van der Waals surface area contributed by atoms with Crippen LogP contribution >= 0.6 is 12.0 Å². The summed E-state index contributed by atoms with van der Waals surface area (Å²) >= 11 is 1.10. The minimum Gasteiger partial charge on any atom is -0.497 e. The molecule has 9 rings (SSSR count). The van der Waals surface area contributed by atoms with Gasteiger partial charge in [0.05, 0.1) is 61.5 Å². The van der Waals surface area contributed by atoms with Crippen molar-refractivity contribution in [2.24, 2.45) is 47.2 Å². The predicted octanol–water partition coefficient (Wildman–Crippen LogP) is 21.5. The van der Waals surface area contributed by atoms with Crippen LogP contribution in [0.15, 0.2) is 174 Å². The molecule has 1 unspecified atom stereocenters. The Morgan fingerprint density at radius 2 is 0.939 bits per heavy atom. The Bertz CT molecular complexity index is 4470. The highest BCUT2D eigenvalue weighted by Gasteiger charge is 2.26. The van der Waals surface area contributed by atoms with E-state index in [2.05, 4.69) is 14.6 Å². The number of para-hydroxylation sites is 1. The lowest BCUT2D eigenvalue weighted by Gasteiger charge is -2.33. The second-order valence-corrected chi connectivity index (χ2v) is 33.2. The summed E-state index contributed by atoms with van der Waals surface area (Å²) in [7, 11) is -0.274. The quantitative estimate of drug-likeness (QED) is 0.0165. The molecule has 1 fully saturated rings. The summed E-state index contributed by atoms with van der Waals surface area (Å²) in [6.45, 7) is 46.7. The number of carbonyl (C=O) groups excluding carboxylic acids is 8. The number of ketones is 7. The molecule has 2 N–H and O–H groups in total. The van der Waals surface area contributed by atoms with Crippen molar-refractivity contribution >= 4 is 79.6 Å². The van der Waals surface area contributed by atoms with Crippen LogP contribution in [0.3, 0.4) is 0 Å². The van der Waals surface area contributed by atoms with Gasteiger partial charge in [-0.15, -0.1) is 0 Å². The molecule has 0 aromatic heterocycles. The van der Waals surface area contributed by atoms with Crippen LogP contribution < -0.4 is 19.9 Å². The molecule has 7 aromatic carbocycles. The summed E-state index contributed by atoms with van der Waals surface area (Å²) in [6, 6.07) is 49.5. The Morgan fingerprint density at radius 1 is 0.518 bits per heavy atom. The van der Waals surface area contributed by atoms with E-state index in [1.807, 2.05) is 182 Å². The first kappa shape index (κ1) is 99.8. The molecule has 20 nitrogen and oxygen atoms in total. The van der Waals surface area contributed by atoms with Crippen molar-refractivity contribution in [3.63, 3.8) is 0 Å². The molecule has 1 atom stereocenters. The Kier molecular flexibility index (Phi) is 46.4. The molecule has 2 heterocycles. The van der Waals surface area contributed by atoms with E-state index in [4.69, 9.17) is 42.7 Å². The number of benzene rings is 7. The van der Waals surface area contributed by atoms with E-state index in [-0.39, 0.29) is 70.0 Å². The molecule has 0 spiro atoms. The number of hydrogen-bond donors (Lipinski definition) is 1. The van der Waals surface area contributed by atoms with Crippen LogP contribution in [0.1, 0.15) is 247 Å². The third-order valence-electron chi connectivity index (χ3n) is 16.3. The third-order valence-corrected chi connectivity index (χ3v) is 18.1. The first-order chi connectivity index (χ1) is 53.8. The Balaban J connectivity index is 0.000000443. The van der Waals surface area contributed by atoms with Gasteiger partial charge in [-0.3, -0.25) is 38.4 Å². The number of sulfone groups is 1. The molecule has 612 valence electrons. The van der Waals surface area contributed by atoms with E-state index < -0.39 is 9.84 Å². The van der Waals surface area contributed by atoms with Crippen molar-refractivity contribution in [3.8, 4) is 23.3 Å². The minimum atomic E-state index is -3.34. The molecule has 0 saturated carbocycles. The fraction of sp³-hybridized carbons (Fsp3) is 0.424. The van der Waals surface area contributed by atoms with E-state index in [0.29, 0.717) is 149 Å². The minimum absolute atomic E-state index is 0.0529. The molecule has 0 radical (unpaired) electrons. The first-order valence-corrected chi connectivity index (χ1v) is 40.9. The highest BCUT2D eigenvalue weighted by atomic mass is 32.2. The van der Waals surface area contributed by atoms with Gasteiger partial charge < -0.3 is 24.8 Å². The van der Waals surface area contributed by atoms with Crippen LogP contribution in [0.5, 0.6) is 17.2 Å². The van der Waals surface area contributed by atoms with E-state index >= 15 is 0 Å². The van der Waals surface area contributed by atoms with Crippen molar-refractivity contribution in [3.05, 3.63) is 231 Å². The first-order valence-electron chi connectivity index (χ1n) is 38.3. The molecule has 22 heteroatoms. The number of rotatable bonds is 27. The van der Waals surface area contributed by atoms with Gasteiger partial charge >= 0.3 is 0 Å². The van der Waals surface area contributed by atoms with Crippen LogP contribution in [-0.4, -0.2) is 106 Å². The average Bonchev–Trinajstić information content (AvgIpc) is 1.48. The Hall–Kier alpha value is -10.3. The van der Waals surface area contributed by atoms with Crippen molar-refractivity contribution < 1.29 is 70.2 Å². The Morgan fingerprint density at radius 3 is 1.39 bits per heavy atom. The van der Waals surface area contributed by atoms with Crippen molar-refractivity contribution in [1.29, 1.82) is 5.26 Å². The molecule has 2 aliphatic rings. The van der Waals surface area contributed by atoms with Crippen molar-refractivity contribution in [2.45, 2.75) is 190 Å². The van der Waals surface area contributed by atoms with Gasteiger partial charge in [-0.05, 0) is 128 Å². The largest absolute Gasteiger partial charge is 0.497 e. The number of piperidine rings is 1. The summed E-state index contributed by atoms with van der Waals surface area (Å²) in [5.74, 6) is 5.41. The highest BCUT2D eigenvalue weighted by molar-refractivity contribution is 7.94.